The summed E-state index contributed by atoms with van der Waals surface area (Å²) in [5, 5.41) is 3.52. The predicted octanol–water partition coefficient (Wildman–Crippen LogP) is 4.36. The van der Waals surface area contributed by atoms with Crippen LogP contribution in [0, 0.1) is 5.82 Å². The summed E-state index contributed by atoms with van der Waals surface area (Å²) >= 11 is 0. The van der Waals surface area contributed by atoms with Crippen molar-refractivity contribution in [2.75, 3.05) is 13.7 Å². The van der Waals surface area contributed by atoms with Crippen molar-refractivity contribution in [3.05, 3.63) is 95.3 Å². The van der Waals surface area contributed by atoms with Crippen molar-refractivity contribution in [1.82, 2.24) is 19.7 Å². The maximum atomic E-state index is 13.6. The SMILES string of the molecule is COc1cc2c(cc1OCc1ccccc1)CCNC2/C=C/c1cnc2ncc(F)cn12. The highest BCUT2D eigenvalue weighted by atomic mass is 19.1. The largest absolute Gasteiger partial charge is 0.493 e. The van der Waals surface area contributed by atoms with Gasteiger partial charge in [-0.3, -0.25) is 4.40 Å². The molecular weight excluding hydrogens is 407 g/mol. The summed E-state index contributed by atoms with van der Waals surface area (Å²) in [6.07, 6.45) is 9.12. The minimum absolute atomic E-state index is 0.0112. The molecule has 5 rings (SSSR count). The van der Waals surface area contributed by atoms with Gasteiger partial charge in [-0.2, -0.15) is 0 Å². The minimum atomic E-state index is -0.404. The van der Waals surface area contributed by atoms with Crippen LogP contribution in [0.5, 0.6) is 11.5 Å². The molecule has 0 amide bonds. The lowest BCUT2D eigenvalue weighted by Gasteiger charge is -2.26. The normalized spacial score (nSPS) is 15.8. The summed E-state index contributed by atoms with van der Waals surface area (Å²) < 4.78 is 26.9. The lowest BCUT2D eigenvalue weighted by molar-refractivity contribution is 0.283. The molecule has 0 saturated heterocycles. The Morgan fingerprint density at radius 2 is 2.00 bits per heavy atom. The zero-order chi connectivity index (χ0) is 21.9. The smallest absolute Gasteiger partial charge is 0.234 e. The number of rotatable bonds is 6. The number of ether oxygens (including phenoxy) is 2. The molecule has 7 heteroatoms. The van der Waals surface area contributed by atoms with Gasteiger partial charge in [0.2, 0.25) is 5.78 Å². The minimum Gasteiger partial charge on any atom is -0.493 e. The lowest BCUT2D eigenvalue weighted by atomic mass is 9.93. The highest BCUT2D eigenvalue weighted by Crippen LogP contribution is 2.36. The average molecular weight is 430 g/mol. The maximum absolute atomic E-state index is 13.6. The first-order valence-electron chi connectivity index (χ1n) is 10.5. The molecule has 2 aromatic heterocycles. The van der Waals surface area contributed by atoms with E-state index < -0.39 is 5.82 Å². The van der Waals surface area contributed by atoms with Crippen molar-refractivity contribution >= 4 is 11.9 Å². The van der Waals surface area contributed by atoms with E-state index >= 15 is 0 Å². The molecule has 0 saturated carbocycles. The van der Waals surface area contributed by atoms with E-state index in [0.29, 0.717) is 18.1 Å². The quantitative estimate of drug-likeness (QED) is 0.493. The van der Waals surface area contributed by atoms with Crippen molar-refractivity contribution < 1.29 is 13.9 Å². The second-order valence-corrected chi connectivity index (χ2v) is 7.64. The number of aromatic nitrogens is 3. The van der Waals surface area contributed by atoms with E-state index in [1.54, 1.807) is 17.7 Å². The molecule has 1 aliphatic heterocycles. The third-order valence-electron chi connectivity index (χ3n) is 5.58. The van der Waals surface area contributed by atoms with Gasteiger partial charge in [0.05, 0.1) is 31.2 Å². The van der Waals surface area contributed by atoms with Crippen molar-refractivity contribution in [3.63, 3.8) is 0 Å². The fraction of sp³-hybridized carbons (Fsp3) is 0.200. The summed E-state index contributed by atoms with van der Waals surface area (Å²) in [4.78, 5) is 8.23. The standard InChI is InChI=1S/C25H23FN4O2/c1-31-23-12-21-18(11-24(23)32-16-17-5-3-2-4-6-17)9-10-27-22(21)8-7-20-14-29-25-28-13-19(26)15-30(20)25/h2-8,11-15,22,27H,9-10,16H2,1H3/b8-7+. The Kier molecular flexibility index (Phi) is 5.56. The number of nitrogens with zero attached hydrogens (tertiary/aromatic N) is 3. The molecule has 3 heterocycles. The molecule has 2 aromatic carbocycles. The highest BCUT2D eigenvalue weighted by Gasteiger charge is 2.21. The van der Waals surface area contributed by atoms with Gasteiger partial charge in [0.15, 0.2) is 17.3 Å². The molecule has 0 radical (unpaired) electrons. The van der Waals surface area contributed by atoms with Gasteiger partial charge in [-0.15, -0.1) is 0 Å². The number of hydrogen-bond donors (Lipinski definition) is 1. The van der Waals surface area contributed by atoms with Crippen LogP contribution in [0.1, 0.15) is 28.4 Å². The number of nitrogens with one attached hydrogen (secondary N) is 1. The summed E-state index contributed by atoms with van der Waals surface area (Å²) in [7, 11) is 1.65. The first-order valence-corrected chi connectivity index (χ1v) is 10.5. The highest BCUT2D eigenvalue weighted by molar-refractivity contribution is 5.54. The van der Waals surface area contributed by atoms with Crippen LogP contribution in [0.25, 0.3) is 11.9 Å². The van der Waals surface area contributed by atoms with Gasteiger partial charge >= 0.3 is 0 Å². The monoisotopic (exact) mass is 430 g/mol. The fourth-order valence-electron chi connectivity index (χ4n) is 3.96. The van der Waals surface area contributed by atoms with Crippen molar-refractivity contribution in [2.24, 2.45) is 0 Å². The Labute approximate surface area is 185 Å². The number of hydrogen-bond acceptors (Lipinski definition) is 5. The predicted molar refractivity (Wildman–Crippen MR) is 120 cm³/mol. The molecule has 6 nitrogen and oxygen atoms in total. The zero-order valence-electron chi connectivity index (χ0n) is 17.7. The number of methoxy groups -OCH3 is 1. The average Bonchev–Trinajstić information content (AvgIpc) is 3.23. The zero-order valence-corrected chi connectivity index (χ0v) is 17.7. The van der Waals surface area contributed by atoms with E-state index in [9.17, 15) is 4.39 Å². The first-order chi connectivity index (χ1) is 15.7. The van der Waals surface area contributed by atoms with Crippen molar-refractivity contribution in [3.8, 4) is 11.5 Å². The van der Waals surface area contributed by atoms with Gasteiger partial charge in [-0.1, -0.05) is 36.4 Å². The first kappa shape index (κ1) is 20.2. The van der Waals surface area contributed by atoms with Crippen LogP contribution in [0.4, 0.5) is 4.39 Å². The lowest BCUT2D eigenvalue weighted by Crippen LogP contribution is -2.28. The van der Waals surface area contributed by atoms with Crippen LogP contribution in [0.2, 0.25) is 0 Å². The van der Waals surface area contributed by atoms with E-state index in [-0.39, 0.29) is 6.04 Å². The number of imidazole rings is 1. The number of fused-ring (bicyclic) bond motifs is 2. The Balaban J connectivity index is 1.41. The molecule has 0 bridgehead atoms. The van der Waals surface area contributed by atoms with Gasteiger partial charge in [0.1, 0.15) is 6.61 Å². The molecule has 1 aliphatic rings. The summed E-state index contributed by atoms with van der Waals surface area (Å²) in [5.41, 5.74) is 4.21. The maximum Gasteiger partial charge on any atom is 0.234 e. The van der Waals surface area contributed by atoms with E-state index in [0.717, 1.165) is 35.5 Å². The molecule has 0 spiro atoms. The van der Waals surface area contributed by atoms with Crippen LogP contribution < -0.4 is 14.8 Å². The molecule has 162 valence electrons. The van der Waals surface area contributed by atoms with Crippen LogP contribution in [-0.2, 0) is 13.0 Å². The van der Waals surface area contributed by atoms with Crippen LogP contribution in [0.3, 0.4) is 0 Å². The van der Waals surface area contributed by atoms with E-state index in [1.807, 2.05) is 42.5 Å². The summed E-state index contributed by atoms with van der Waals surface area (Å²) in [6.45, 7) is 1.33. The Hall–Kier alpha value is -3.71. The molecule has 1 N–H and O–H groups in total. The second-order valence-electron chi connectivity index (χ2n) is 7.64. The van der Waals surface area contributed by atoms with Crippen LogP contribution in [0.15, 0.2) is 67.1 Å². The molecular formula is C25H23FN4O2. The Morgan fingerprint density at radius 1 is 1.16 bits per heavy atom. The van der Waals surface area contributed by atoms with Crippen LogP contribution in [-0.4, -0.2) is 28.0 Å². The molecule has 0 fully saturated rings. The van der Waals surface area contributed by atoms with Gasteiger partial charge in [-0.25, -0.2) is 14.4 Å². The van der Waals surface area contributed by atoms with E-state index in [4.69, 9.17) is 9.47 Å². The summed E-state index contributed by atoms with van der Waals surface area (Å²) in [6, 6.07) is 14.2. The third kappa shape index (κ3) is 4.07. The molecule has 32 heavy (non-hydrogen) atoms. The van der Waals surface area contributed by atoms with Gasteiger partial charge in [-0.05, 0) is 41.3 Å². The van der Waals surface area contributed by atoms with Gasteiger partial charge < -0.3 is 14.8 Å². The van der Waals surface area contributed by atoms with Crippen molar-refractivity contribution in [1.29, 1.82) is 0 Å². The third-order valence-corrected chi connectivity index (χ3v) is 5.58. The van der Waals surface area contributed by atoms with Crippen LogP contribution >= 0.6 is 0 Å². The molecule has 1 unspecified atom stereocenters. The number of benzene rings is 2. The Morgan fingerprint density at radius 3 is 2.84 bits per heavy atom. The van der Waals surface area contributed by atoms with Gasteiger partial charge in [0, 0.05) is 12.7 Å². The fourth-order valence-corrected chi connectivity index (χ4v) is 3.96. The van der Waals surface area contributed by atoms with Crippen molar-refractivity contribution in [2.45, 2.75) is 19.1 Å². The van der Waals surface area contributed by atoms with Gasteiger partial charge in [0.25, 0.3) is 0 Å². The second kappa shape index (κ2) is 8.80. The Bertz CT molecular complexity index is 1270. The van der Waals surface area contributed by atoms with E-state index in [1.165, 1.54) is 18.0 Å². The molecule has 4 aromatic rings. The molecule has 0 aliphatic carbocycles. The summed E-state index contributed by atoms with van der Waals surface area (Å²) in [5.74, 6) is 1.50. The molecule has 1 atom stereocenters. The topological polar surface area (TPSA) is 60.7 Å². The number of halogens is 1. The van der Waals surface area contributed by atoms with E-state index in [2.05, 4.69) is 27.4 Å².